The van der Waals surface area contributed by atoms with Gasteiger partial charge in [0.2, 0.25) is 0 Å². The molecule has 0 N–H and O–H groups in total. The van der Waals surface area contributed by atoms with E-state index in [1.165, 1.54) is 4.90 Å². The van der Waals surface area contributed by atoms with Gasteiger partial charge in [0.15, 0.2) is 0 Å². The van der Waals surface area contributed by atoms with E-state index in [1.54, 1.807) is 7.11 Å². The lowest BCUT2D eigenvalue weighted by Crippen LogP contribution is -2.29. The molecule has 1 aromatic rings. The quantitative estimate of drug-likeness (QED) is 0.263. The standard InChI is InChI=1S/C19H23NO4S2/c1-3-4-5-12-24-17(21)10-11-20-18(25)16(26-19(20)22)13-14-6-8-15(23-2)9-7-14/h6-9,13H,3-5,10-12H2,1-2H3/b16-13+. The van der Waals surface area contributed by atoms with Crippen molar-refractivity contribution in [1.29, 1.82) is 0 Å². The van der Waals surface area contributed by atoms with Crippen LogP contribution in [0.15, 0.2) is 29.2 Å². The Morgan fingerprint density at radius 1 is 1.27 bits per heavy atom. The average Bonchev–Trinajstić information content (AvgIpc) is 2.91. The second kappa shape index (κ2) is 10.3. The van der Waals surface area contributed by atoms with E-state index in [0.717, 1.165) is 42.3 Å². The minimum absolute atomic E-state index is 0.147. The number of ether oxygens (including phenoxy) is 2. The molecule has 2 rings (SSSR count). The van der Waals surface area contributed by atoms with Gasteiger partial charge < -0.3 is 9.47 Å². The van der Waals surface area contributed by atoms with Crippen molar-refractivity contribution in [2.75, 3.05) is 20.3 Å². The Balaban J connectivity index is 1.89. The number of thioether (sulfide) groups is 1. The summed E-state index contributed by atoms with van der Waals surface area (Å²) in [5.74, 6) is 0.471. The molecule has 26 heavy (non-hydrogen) atoms. The van der Waals surface area contributed by atoms with Gasteiger partial charge in [0, 0.05) is 6.54 Å². The van der Waals surface area contributed by atoms with Gasteiger partial charge in [-0.05, 0) is 42.0 Å². The van der Waals surface area contributed by atoms with E-state index in [0.29, 0.717) is 16.5 Å². The van der Waals surface area contributed by atoms with Crippen molar-refractivity contribution in [3.63, 3.8) is 0 Å². The summed E-state index contributed by atoms with van der Waals surface area (Å²) in [6.07, 6.45) is 5.00. The number of nitrogens with zero attached hydrogens (tertiary/aromatic N) is 1. The Morgan fingerprint density at radius 2 is 2.00 bits per heavy atom. The molecular formula is C19H23NO4S2. The first-order valence-corrected chi connectivity index (χ1v) is 9.82. The molecule has 7 heteroatoms. The van der Waals surface area contributed by atoms with E-state index in [4.69, 9.17) is 21.7 Å². The van der Waals surface area contributed by atoms with Crippen LogP contribution in [-0.2, 0) is 9.53 Å². The van der Waals surface area contributed by atoms with Gasteiger partial charge in [-0.2, -0.15) is 0 Å². The Kier molecular flexibility index (Phi) is 8.12. The molecular weight excluding hydrogens is 370 g/mol. The molecule has 0 aromatic heterocycles. The maximum atomic E-state index is 12.2. The topological polar surface area (TPSA) is 55.8 Å². The van der Waals surface area contributed by atoms with Crippen LogP contribution in [0.3, 0.4) is 0 Å². The number of amides is 1. The fraction of sp³-hybridized carbons (Fsp3) is 0.421. The summed E-state index contributed by atoms with van der Waals surface area (Å²) in [5.41, 5.74) is 0.931. The average molecular weight is 394 g/mol. The zero-order valence-electron chi connectivity index (χ0n) is 15.0. The molecule has 140 valence electrons. The molecule has 0 unspecified atom stereocenters. The Bertz CT molecular complexity index is 685. The number of thiocarbonyl (C=S) groups is 1. The number of unbranched alkanes of at least 4 members (excludes halogenated alkanes) is 2. The van der Waals surface area contributed by atoms with Gasteiger partial charge in [-0.1, -0.05) is 44.1 Å². The second-order valence-corrected chi connectivity index (χ2v) is 7.16. The summed E-state index contributed by atoms with van der Waals surface area (Å²) in [6, 6.07) is 7.50. The van der Waals surface area contributed by atoms with Crippen LogP contribution in [0.2, 0.25) is 0 Å². The van der Waals surface area contributed by atoms with Crippen molar-refractivity contribution in [3.05, 3.63) is 34.7 Å². The highest BCUT2D eigenvalue weighted by molar-refractivity contribution is 8.19. The zero-order valence-corrected chi connectivity index (χ0v) is 16.7. The first-order chi connectivity index (χ1) is 12.5. The van der Waals surface area contributed by atoms with Crippen molar-refractivity contribution in [2.24, 2.45) is 0 Å². The fourth-order valence-corrected chi connectivity index (χ4v) is 3.65. The molecule has 0 radical (unpaired) electrons. The summed E-state index contributed by atoms with van der Waals surface area (Å²) >= 11 is 6.49. The van der Waals surface area contributed by atoms with Crippen molar-refractivity contribution < 1.29 is 19.1 Å². The molecule has 0 saturated carbocycles. The molecule has 0 atom stereocenters. The van der Waals surface area contributed by atoms with Crippen molar-refractivity contribution in [1.82, 2.24) is 4.90 Å². The molecule has 1 heterocycles. The molecule has 5 nitrogen and oxygen atoms in total. The number of benzene rings is 1. The number of methoxy groups -OCH3 is 1. The van der Waals surface area contributed by atoms with Crippen LogP contribution in [0.4, 0.5) is 4.79 Å². The largest absolute Gasteiger partial charge is 0.497 e. The fourth-order valence-electron chi connectivity index (χ4n) is 2.36. The van der Waals surface area contributed by atoms with E-state index in [-0.39, 0.29) is 24.2 Å². The van der Waals surface area contributed by atoms with Crippen molar-refractivity contribution in [2.45, 2.75) is 32.6 Å². The van der Waals surface area contributed by atoms with E-state index in [1.807, 2.05) is 30.3 Å². The smallest absolute Gasteiger partial charge is 0.307 e. The van der Waals surface area contributed by atoms with Gasteiger partial charge in [0.05, 0.1) is 25.0 Å². The van der Waals surface area contributed by atoms with Gasteiger partial charge in [-0.3, -0.25) is 14.5 Å². The number of rotatable bonds is 9. The monoisotopic (exact) mass is 393 g/mol. The lowest BCUT2D eigenvalue weighted by Gasteiger charge is -2.14. The molecule has 0 spiro atoms. The zero-order chi connectivity index (χ0) is 18.9. The highest BCUT2D eigenvalue weighted by Crippen LogP contribution is 2.33. The number of carbonyl (C=O) groups is 2. The van der Waals surface area contributed by atoms with Crippen LogP contribution in [0.5, 0.6) is 5.75 Å². The van der Waals surface area contributed by atoms with Crippen LogP contribution in [-0.4, -0.2) is 41.4 Å². The van der Waals surface area contributed by atoms with E-state index >= 15 is 0 Å². The predicted octanol–water partition coefficient (Wildman–Crippen LogP) is 4.66. The van der Waals surface area contributed by atoms with Crippen LogP contribution >= 0.6 is 24.0 Å². The normalized spacial score (nSPS) is 15.6. The number of hydrogen-bond acceptors (Lipinski definition) is 6. The summed E-state index contributed by atoms with van der Waals surface area (Å²) < 4.78 is 10.3. The Morgan fingerprint density at radius 3 is 2.65 bits per heavy atom. The third-order valence-electron chi connectivity index (χ3n) is 3.84. The van der Waals surface area contributed by atoms with Gasteiger partial charge >= 0.3 is 5.97 Å². The summed E-state index contributed by atoms with van der Waals surface area (Å²) in [6.45, 7) is 2.77. The summed E-state index contributed by atoms with van der Waals surface area (Å²) in [4.78, 5) is 26.6. The third kappa shape index (κ3) is 5.85. The summed E-state index contributed by atoms with van der Waals surface area (Å²) in [7, 11) is 1.61. The second-order valence-electron chi connectivity index (χ2n) is 5.78. The molecule has 1 aliphatic heterocycles. The first-order valence-electron chi connectivity index (χ1n) is 8.60. The highest BCUT2D eigenvalue weighted by atomic mass is 32.2. The summed E-state index contributed by atoms with van der Waals surface area (Å²) in [5, 5.41) is -0.159. The molecule has 1 aromatic carbocycles. The third-order valence-corrected chi connectivity index (χ3v) is 5.33. The van der Waals surface area contributed by atoms with Gasteiger partial charge in [0.25, 0.3) is 5.24 Å². The van der Waals surface area contributed by atoms with Gasteiger partial charge in [0.1, 0.15) is 10.7 Å². The lowest BCUT2D eigenvalue weighted by molar-refractivity contribution is -0.143. The van der Waals surface area contributed by atoms with E-state index in [2.05, 4.69) is 6.92 Å². The minimum atomic E-state index is -0.297. The molecule has 0 aliphatic carbocycles. The van der Waals surface area contributed by atoms with E-state index in [9.17, 15) is 9.59 Å². The van der Waals surface area contributed by atoms with Crippen molar-refractivity contribution in [3.8, 4) is 5.75 Å². The molecule has 1 saturated heterocycles. The minimum Gasteiger partial charge on any atom is -0.497 e. The van der Waals surface area contributed by atoms with Crippen LogP contribution in [0.25, 0.3) is 6.08 Å². The number of hydrogen-bond donors (Lipinski definition) is 0. The maximum Gasteiger partial charge on any atom is 0.307 e. The van der Waals surface area contributed by atoms with Crippen LogP contribution in [0, 0.1) is 0 Å². The first kappa shape index (κ1) is 20.5. The molecule has 1 fully saturated rings. The Hall–Kier alpha value is -1.86. The lowest BCUT2D eigenvalue weighted by atomic mass is 10.2. The highest BCUT2D eigenvalue weighted by Gasteiger charge is 2.31. The molecule has 1 aliphatic rings. The van der Waals surface area contributed by atoms with Gasteiger partial charge in [-0.15, -0.1) is 0 Å². The number of carbonyl (C=O) groups excluding carboxylic acids is 2. The maximum absolute atomic E-state index is 12.2. The van der Waals surface area contributed by atoms with Crippen LogP contribution in [0.1, 0.15) is 38.2 Å². The SMILES string of the molecule is CCCCCOC(=O)CCN1C(=O)S/C(=C/c2ccc(OC)cc2)C1=S. The van der Waals surface area contributed by atoms with E-state index < -0.39 is 0 Å². The van der Waals surface area contributed by atoms with Crippen LogP contribution < -0.4 is 4.74 Å². The number of esters is 1. The van der Waals surface area contributed by atoms with Gasteiger partial charge in [-0.25, -0.2) is 0 Å². The molecule has 1 amide bonds. The Labute approximate surface area is 163 Å². The van der Waals surface area contributed by atoms with Crippen molar-refractivity contribution >= 4 is 46.3 Å². The predicted molar refractivity (Wildman–Crippen MR) is 108 cm³/mol. The molecule has 0 bridgehead atoms.